The fraction of sp³-hybridized carbons (Fsp3) is 0.118. The summed E-state index contributed by atoms with van der Waals surface area (Å²) in [6.45, 7) is 0.400. The van der Waals surface area contributed by atoms with E-state index in [0.29, 0.717) is 18.2 Å². The first kappa shape index (κ1) is 15.5. The van der Waals surface area contributed by atoms with Crippen LogP contribution in [0.2, 0.25) is 0 Å². The van der Waals surface area contributed by atoms with Gasteiger partial charge < -0.3 is 20.2 Å². The number of hydrogen-bond donors (Lipinski definition) is 2. The van der Waals surface area contributed by atoms with Crippen LogP contribution in [0.4, 0.5) is 5.95 Å². The number of rotatable bonds is 6. The van der Waals surface area contributed by atoms with E-state index in [1.54, 1.807) is 25.5 Å². The van der Waals surface area contributed by atoms with E-state index in [2.05, 4.69) is 15.3 Å². The normalized spacial score (nSPS) is 10.4. The number of ether oxygens (including phenoxy) is 1. The van der Waals surface area contributed by atoms with E-state index in [1.165, 1.54) is 0 Å². The second-order valence-corrected chi connectivity index (χ2v) is 4.99. The van der Waals surface area contributed by atoms with Gasteiger partial charge in [-0.3, -0.25) is 4.79 Å². The lowest BCUT2D eigenvalue weighted by molar-refractivity contribution is 0.0995. The van der Waals surface area contributed by atoms with Crippen LogP contribution in [0, 0.1) is 0 Å². The van der Waals surface area contributed by atoms with Gasteiger partial charge >= 0.3 is 0 Å². The molecule has 7 nitrogen and oxygen atoms in total. The Balaban J connectivity index is 1.91. The molecule has 3 N–H and O–H groups in total. The molecular weight excluding hydrogens is 308 g/mol. The van der Waals surface area contributed by atoms with Crippen molar-refractivity contribution in [3.05, 3.63) is 60.2 Å². The van der Waals surface area contributed by atoms with Crippen LogP contribution >= 0.6 is 0 Å². The van der Waals surface area contributed by atoms with E-state index < -0.39 is 5.91 Å². The predicted molar refractivity (Wildman–Crippen MR) is 88.6 cm³/mol. The summed E-state index contributed by atoms with van der Waals surface area (Å²) in [5.41, 5.74) is 6.91. The van der Waals surface area contributed by atoms with Crippen LogP contribution in [0.3, 0.4) is 0 Å². The van der Waals surface area contributed by atoms with Crippen molar-refractivity contribution in [2.75, 3.05) is 12.4 Å². The lowest BCUT2D eigenvalue weighted by atomic mass is 10.1. The minimum Gasteiger partial charge on any atom is -0.497 e. The lowest BCUT2D eigenvalue weighted by Gasteiger charge is -2.08. The van der Waals surface area contributed by atoms with Crippen LogP contribution < -0.4 is 15.8 Å². The van der Waals surface area contributed by atoms with Crippen molar-refractivity contribution in [1.29, 1.82) is 0 Å². The highest BCUT2D eigenvalue weighted by Gasteiger charge is 2.11. The molecule has 0 fully saturated rings. The summed E-state index contributed by atoms with van der Waals surface area (Å²) in [6, 6.07) is 12.5. The molecule has 3 aromatic rings. The van der Waals surface area contributed by atoms with E-state index >= 15 is 0 Å². The number of benzene rings is 1. The molecule has 122 valence electrons. The topological polar surface area (TPSA) is 103 Å². The first-order valence-corrected chi connectivity index (χ1v) is 7.25. The Morgan fingerprint density at radius 3 is 2.67 bits per heavy atom. The van der Waals surface area contributed by atoms with Crippen LogP contribution in [-0.4, -0.2) is 23.0 Å². The second kappa shape index (κ2) is 6.82. The number of primary amides is 1. The summed E-state index contributed by atoms with van der Waals surface area (Å²) in [6.07, 6.45) is 1.58. The molecule has 0 atom stereocenters. The summed E-state index contributed by atoms with van der Waals surface area (Å²) >= 11 is 0. The molecule has 2 aromatic heterocycles. The van der Waals surface area contributed by atoms with Crippen LogP contribution in [-0.2, 0) is 6.54 Å². The number of methoxy groups -OCH3 is 1. The number of nitrogens with zero attached hydrogens (tertiary/aromatic N) is 2. The zero-order chi connectivity index (χ0) is 16.9. The lowest BCUT2D eigenvalue weighted by Crippen LogP contribution is -2.15. The number of carbonyl (C=O) groups excluding carboxylic acids is 1. The van der Waals surface area contributed by atoms with E-state index in [1.807, 2.05) is 30.3 Å². The van der Waals surface area contributed by atoms with Crippen molar-refractivity contribution in [3.63, 3.8) is 0 Å². The van der Waals surface area contributed by atoms with E-state index in [0.717, 1.165) is 17.1 Å². The molecule has 0 aliphatic carbocycles. The quantitative estimate of drug-likeness (QED) is 0.722. The average Bonchev–Trinajstić information content (AvgIpc) is 3.13. The van der Waals surface area contributed by atoms with Crippen molar-refractivity contribution < 1.29 is 13.9 Å². The average molecular weight is 324 g/mol. The predicted octanol–water partition coefficient (Wildman–Crippen LogP) is 2.46. The number of amides is 1. The molecule has 2 heterocycles. The monoisotopic (exact) mass is 324 g/mol. The molecule has 0 spiro atoms. The number of nitrogens with two attached hydrogens (primary N) is 1. The largest absolute Gasteiger partial charge is 0.497 e. The summed E-state index contributed by atoms with van der Waals surface area (Å²) < 4.78 is 10.4. The van der Waals surface area contributed by atoms with Gasteiger partial charge in [0.05, 0.1) is 25.6 Å². The standard InChI is InChI=1S/C17H16N4O3/c1-23-12-6-4-11(5-7-12)14-9-15(16(18)22)21-17(20-14)19-10-13-3-2-8-24-13/h2-9H,10H2,1H3,(H2,18,22)(H,19,20,21). The van der Waals surface area contributed by atoms with Gasteiger partial charge in [-0.05, 0) is 42.5 Å². The SMILES string of the molecule is COc1ccc(-c2cc(C(N)=O)nc(NCc3ccco3)n2)cc1. The number of hydrogen-bond acceptors (Lipinski definition) is 6. The zero-order valence-corrected chi connectivity index (χ0v) is 13.0. The van der Waals surface area contributed by atoms with Crippen LogP contribution in [0.25, 0.3) is 11.3 Å². The molecule has 7 heteroatoms. The van der Waals surface area contributed by atoms with Gasteiger partial charge in [0.2, 0.25) is 5.95 Å². The van der Waals surface area contributed by atoms with E-state index in [-0.39, 0.29) is 5.69 Å². The highest BCUT2D eigenvalue weighted by Crippen LogP contribution is 2.22. The van der Waals surface area contributed by atoms with Gasteiger partial charge in [0.1, 0.15) is 17.2 Å². The van der Waals surface area contributed by atoms with Crippen LogP contribution in [0.15, 0.2) is 53.1 Å². The third-order valence-electron chi connectivity index (χ3n) is 3.37. The Bertz CT molecular complexity index is 830. The van der Waals surface area contributed by atoms with Crippen LogP contribution in [0.5, 0.6) is 5.75 Å². The maximum Gasteiger partial charge on any atom is 0.267 e. The maximum absolute atomic E-state index is 11.5. The number of furan rings is 1. The van der Waals surface area contributed by atoms with Crippen molar-refractivity contribution in [2.24, 2.45) is 5.73 Å². The zero-order valence-electron chi connectivity index (χ0n) is 13.0. The Labute approximate surface area is 138 Å². The first-order chi connectivity index (χ1) is 11.7. The van der Waals surface area contributed by atoms with Crippen molar-refractivity contribution in [2.45, 2.75) is 6.54 Å². The molecule has 1 aromatic carbocycles. The number of carbonyl (C=O) groups is 1. The molecule has 0 saturated carbocycles. The third kappa shape index (κ3) is 3.52. The molecule has 0 aliphatic rings. The Kier molecular flexibility index (Phi) is 4.42. The van der Waals surface area contributed by atoms with E-state index in [4.69, 9.17) is 14.9 Å². The van der Waals surface area contributed by atoms with Gasteiger partial charge in [-0.1, -0.05) is 0 Å². The summed E-state index contributed by atoms with van der Waals surface area (Å²) in [4.78, 5) is 20.1. The fourth-order valence-electron chi connectivity index (χ4n) is 2.14. The molecule has 3 rings (SSSR count). The molecule has 0 radical (unpaired) electrons. The van der Waals surface area contributed by atoms with Gasteiger partial charge in [-0.2, -0.15) is 0 Å². The minimum absolute atomic E-state index is 0.137. The molecule has 0 unspecified atom stereocenters. The molecular formula is C17H16N4O3. The Hall–Kier alpha value is -3.35. The fourth-order valence-corrected chi connectivity index (χ4v) is 2.14. The number of anilines is 1. The first-order valence-electron chi connectivity index (χ1n) is 7.25. The minimum atomic E-state index is -0.617. The number of nitrogens with one attached hydrogen (secondary N) is 1. The Morgan fingerprint density at radius 2 is 2.04 bits per heavy atom. The van der Waals surface area contributed by atoms with Crippen molar-refractivity contribution in [1.82, 2.24) is 9.97 Å². The molecule has 24 heavy (non-hydrogen) atoms. The summed E-state index contributed by atoms with van der Waals surface area (Å²) in [5, 5.41) is 3.03. The van der Waals surface area contributed by atoms with Gasteiger partial charge in [0.25, 0.3) is 5.91 Å². The van der Waals surface area contributed by atoms with Gasteiger partial charge in [0, 0.05) is 5.56 Å². The summed E-state index contributed by atoms with van der Waals surface area (Å²) in [5.74, 6) is 1.15. The van der Waals surface area contributed by atoms with Crippen molar-refractivity contribution >= 4 is 11.9 Å². The molecule has 1 amide bonds. The highest BCUT2D eigenvalue weighted by molar-refractivity contribution is 5.92. The molecule has 0 aliphatic heterocycles. The van der Waals surface area contributed by atoms with Gasteiger partial charge in [-0.15, -0.1) is 0 Å². The van der Waals surface area contributed by atoms with Crippen LogP contribution in [0.1, 0.15) is 16.2 Å². The smallest absolute Gasteiger partial charge is 0.267 e. The Morgan fingerprint density at radius 1 is 1.25 bits per heavy atom. The van der Waals surface area contributed by atoms with Gasteiger partial charge in [-0.25, -0.2) is 9.97 Å². The summed E-state index contributed by atoms with van der Waals surface area (Å²) in [7, 11) is 1.60. The molecule has 0 bridgehead atoms. The number of aromatic nitrogens is 2. The van der Waals surface area contributed by atoms with Crippen molar-refractivity contribution in [3.8, 4) is 17.0 Å². The molecule has 0 saturated heterocycles. The van der Waals surface area contributed by atoms with Gasteiger partial charge in [0.15, 0.2) is 0 Å². The second-order valence-electron chi connectivity index (χ2n) is 4.99. The highest BCUT2D eigenvalue weighted by atomic mass is 16.5. The van der Waals surface area contributed by atoms with E-state index in [9.17, 15) is 4.79 Å². The third-order valence-corrected chi connectivity index (χ3v) is 3.37. The maximum atomic E-state index is 11.5.